The molecule has 3 aliphatic rings. The third kappa shape index (κ3) is 6.18. The lowest BCUT2D eigenvalue weighted by atomic mass is 9.43. The molecule has 3 fully saturated rings. The quantitative estimate of drug-likeness (QED) is 0.143. The van der Waals surface area contributed by atoms with Crippen molar-refractivity contribution in [2.75, 3.05) is 0 Å². The molecule has 5 heteroatoms. The number of rotatable bonds is 7. The summed E-state index contributed by atoms with van der Waals surface area (Å²) in [4.78, 5) is 37.0. The fourth-order valence-corrected chi connectivity index (χ4v) is 8.38. The van der Waals surface area contributed by atoms with Crippen molar-refractivity contribution in [2.24, 2.45) is 28.1 Å². The summed E-state index contributed by atoms with van der Waals surface area (Å²) < 4.78 is 11.3. The molecule has 5 nitrogen and oxygen atoms in total. The van der Waals surface area contributed by atoms with E-state index >= 15 is 0 Å². The van der Waals surface area contributed by atoms with Gasteiger partial charge in [0.15, 0.2) is 5.78 Å². The Kier molecular flexibility index (Phi) is 9.24. The minimum atomic E-state index is -0.300. The van der Waals surface area contributed by atoms with Crippen LogP contribution in [0.3, 0.4) is 0 Å². The predicted molar refractivity (Wildman–Crippen MR) is 156 cm³/mol. The van der Waals surface area contributed by atoms with E-state index in [2.05, 4.69) is 40.7 Å². The Morgan fingerprint density at radius 2 is 1.62 bits per heavy atom. The molecule has 6 unspecified atom stereocenters. The van der Waals surface area contributed by atoms with Crippen LogP contribution in [0, 0.1) is 28.1 Å². The third-order valence-electron chi connectivity index (χ3n) is 10.2. The van der Waals surface area contributed by atoms with Crippen molar-refractivity contribution < 1.29 is 23.9 Å². The van der Waals surface area contributed by atoms with Crippen LogP contribution in [0.5, 0.6) is 0 Å². The summed E-state index contributed by atoms with van der Waals surface area (Å²) >= 11 is 0. The van der Waals surface area contributed by atoms with E-state index < -0.39 is 0 Å². The van der Waals surface area contributed by atoms with Crippen LogP contribution in [0.25, 0.3) is 0 Å². The topological polar surface area (TPSA) is 69.7 Å². The van der Waals surface area contributed by atoms with Crippen molar-refractivity contribution in [3.05, 3.63) is 46.6 Å². The van der Waals surface area contributed by atoms with E-state index in [0.29, 0.717) is 18.8 Å². The number of carbonyl (C=O) groups excluding carboxylic acids is 3. The van der Waals surface area contributed by atoms with Gasteiger partial charge in [-0.3, -0.25) is 14.4 Å². The highest BCUT2D eigenvalue weighted by Gasteiger charge is 2.65. The highest BCUT2D eigenvalue weighted by molar-refractivity contribution is 6.00. The molecule has 0 saturated heterocycles. The Morgan fingerprint density at radius 1 is 0.949 bits per heavy atom. The van der Waals surface area contributed by atoms with Crippen molar-refractivity contribution in [1.29, 1.82) is 0 Å². The average Bonchev–Trinajstić information content (AvgIpc) is 3.09. The number of hydrogen-bond acceptors (Lipinski definition) is 5. The van der Waals surface area contributed by atoms with Crippen LogP contribution in [-0.2, 0) is 23.9 Å². The maximum absolute atomic E-state index is 13.6. The van der Waals surface area contributed by atoms with Crippen molar-refractivity contribution in [3.63, 3.8) is 0 Å². The number of fused-ring (bicyclic) bond motifs is 3. The first-order valence-electron chi connectivity index (χ1n) is 14.6. The van der Waals surface area contributed by atoms with E-state index in [4.69, 9.17) is 9.47 Å². The zero-order chi connectivity index (χ0) is 29.3. The molecular formula is C34H50O5. The lowest BCUT2D eigenvalue weighted by Gasteiger charge is -2.62. The summed E-state index contributed by atoms with van der Waals surface area (Å²) in [5.41, 5.74) is 3.89. The molecule has 216 valence electrons. The first-order chi connectivity index (χ1) is 18.0. The molecule has 3 saturated carbocycles. The molecule has 0 spiro atoms. The number of hydrogen-bond donors (Lipinski definition) is 0. The molecule has 39 heavy (non-hydrogen) atoms. The third-order valence-corrected chi connectivity index (χ3v) is 10.2. The first-order valence-corrected chi connectivity index (χ1v) is 14.6. The highest BCUT2D eigenvalue weighted by Crippen LogP contribution is 2.69. The average molecular weight is 539 g/mol. The summed E-state index contributed by atoms with van der Waals surface area (Å²) in [6.45, 7) is 20.2. The zero-order valence-corrected chi connectivity index (χ0v) is 25.9. The van der Waals surface area contributed by atoms with Crippen molar-refractivity contribution in [3.8, 4) is 0 Å². The van der Waals surface area contributed by atoms with Crippen LogP contribution >= 0.6 is 0 Å². The van der Waals surface area contributed by atoms with E-state index in [1.54, 1.807) is 0 Å². The van der Waals surface area contributed by atoms with E-state index in [9.17, 15) is 14.4 Å². The molecule has 0 aromatic carbocycles. The monoisotopic (exact) mass is 538 g/mol. The summed E-state index contributed by atoms with van der Waals surface area (Å²) in [7, 11) is 0. The molecule has 3 aliphatic carbocycles. The molecule has 0 radical (unpaired) electrons. The summed E-state index contributed by atoms with van der Waals surface area (Å²) in [6, 6.07) is 0. The molecule has 0 aliphatic heterocycles. The summed E-state index contributed by atoms with van der Waals surface area (Å²) in [5, 5.41) is 0. The van der Waals surface area contributed by atoms with E-state index in [1.165, 1.54) is 19.4 Å². The molecule has 0 bridgehead atoms. The first kappa shape index (κ1) is 31.1. The standard InChI is InChI=1S/C34H50O5/c1-21(2)14-15-27(38-24(5)35)22(3)12-11-13-23(4)31-26(37)20-29-33(9)19-17-30(39-25(6)36)32(7,8)28(33)16-18-34(29,31)10/h11-14,27-30H,15-20H2,1-10H3. The SMILES string of the molecule is CC(=O)OC(CC=C(C)C)C(C)=CC=CC(C)=C1C(=O)CC2C1(C)CCC1C(C)(C)C(OC(C)=O)CCC21C. The second-order valence-corrected chi connectivity index (χ2v) is 13.6. The van der Waals surface area contributed by atoms with Gasteiger partial charge in [0.1, 0.15) is 12.2 Å². The van der Waals surface area contributed by atoms with Crippen LogP contribution < -0.4 is 0 Å². The van der Waals surface area contributed by atoms with E-state index in [1.807, 2.05) is 39.0 Å². The van der Waals surface area contributed by atoms with Gasteiger partial charge in [-0.15, -0.1) is 0 Å². The maximum Gasteiger partial charge on any atom is 0.303 e. The smallest absolute Gasteiger partial charge is 0.303 e. The van der Waals surface area contributed by atoms with Crippen LogP contribution in [0.2, 0.25) is 0 Å². The molecule has 0 N–H and O–H groups in total. The van der Waals surface area contributed by atoms with Crippen LogP contribution in [0.1, 0.15) is 108 Å². The Hall–Kier alpha value is -2.43. The van der Waals surface area contributed by atoms with Gasteiger partial charge in [0.2, 0.25) is 0 Å². The van der Waals surface area contributed by atoms with Gasteiger partial charge in [0.05, 0.1) is 0 Å². The Morgan fingerprint density at radius 3 is 2.21 bits per heavy atom. The van der Waals surface area contributed by atoms with Gasteiger partial charge < -0.3 is 9.47 Å². The second kappa shape index (κ2) is 11.6. The van der Waals surface area contributed by atoms with Gasteiger partial charge in [-0.2, -0.15) is 0 Å². The van der Waals surface area contributed by atoms with Crippen molar-refractivity contribution in [1.82, 2.24) is 0 Å². The van der Waals surface area contributed by atoms with Gasteiger partial charge in [-0.05, 0) is 81.8 Å². The van der Waals surface area contributed by atoms with Gasteiger partial charge in [0, 0.05) is 43.1 Å². The largest absolute Gasteiger partial charge is 0.462 e. The molecule has 3 rings (SSSR count). The summed E-state index contributed by atoms with van der Waals surface area (Å²) in [6.07, 6.45) is 12.8. The predicted octanol–water partition coefficient (Wildman–Crippen LogP) is 7.86. The molecule has 0 aromatic heterocycles. The number of allylic oxidation sites excluding steroid dienone is 6. The zero-order valence-electron chi connectivity index (χ0n) is 25.9. The number of Topliss-reactive ketones (excluding diaryl/α,β-unsaturated/α-hetero) is 1. The number of carbonyl (C=O) groups is 3. The highest BCUT2D eigenvalue weighted by atomic mass is 16.5. The molecule has 0 heterocycles. The summed E-state index contributed by atoms with van der Waals surface area (Å²) in [5.74, 6) is 0.451. The number of ether oxygens (including phenoxy) is 2. The number of esters is 2. The fraction of sp³-hybridized carbons (Fsp3) is 0.676. The molecule has 0 aromatic rings. The maximum atomic E-state index is 13.6. The lowest BCUT2D eigenvalue weighted by molar-refractivity contribution is -0.185. The van der Waals surface area contributed by atoms with Gasteiger partial charge in [0.25, 0.3) is 0 Å². The minimum absolute atomic E-state index is 0.0211. The molecule has 6 atom stereocenters. The Labute approximate surface area is 236 Å². The van der Waals surface area contributed by atoms with E-state index in [-0.39, 0.29) is 52.1 Å². The van der Waals surface area contributed by atoms with Gasteiger partial charge in [-0.25, -0.2) is 0 Å². The van der Waals surface area contributed by atoms with Crippen molar-refractivity contribution in [2.45, 2.75) is 120 Å². The number of ketones is 1. The van der Waals surface area contributed by atoms with Gasteiger partial charge in [-0.1, -0.05) is 57.6 Å². The van der Waals surface area contributed by atoms with Gasteiger partial charge >= 0.3 is 11.9 Å². The Bertz CT molecular complexity index is 1110. The van der Waals surface area contributed by atoms with Crippen LogP contribution in [0.4, 0.5) is 0 Å². The molecule has 0 amide bonds. The fourth-order valence-electron chi connectivity index (χ4n) is 8.38. The van der Waals surface area contributed by atoms with Crippen molar-refractivity contribution >= 4 is 17.7 Å². The lowest BCUT2D eigenvalue weighted by Crippen LogP contribution is -2.58. The minimum Gasteiger partial charge on any atom is -0.462 e. The second-order valence-electron chi connectivity index (χ2n) is 13.6. The normalized spacial score (nSPS) is 34.2. The van der Waals surface area contributed by atoms with Crippen LogP contribution in [-0.4, -0.2) is 29.9 Å². The molecular weight excluding hydrogens is 488 g/mol. The van der Waals surface area contributed by atoms with E-state index in [0.717, 1.165) is 42.4 Å². The Balaban J connectivity index is 1.88. The van der Waals surface area contributed by atoms with Crippen LogP contribution in [0.15, 0.2) is 46.6 Å².